The van der Waals surface area contributed by atoms with Gasteiger partial charge in [-0.2, -0.15) is 0 Å². The van der Waals surface area contributed by atoms with Crippen molar-refractivity contribution < 1.29 is 9.53 Å². The fraction of sp³-hybridized carbons (Fsp3) is 0.429. The number of nitrogens with zero attached hydrogens (tertiary/aromatic N) is 4. The average molecular weight is 414 g/mol. The van der Waals surface area contributed by atoms with Crippen molar-refractivity contribution in [2.75, 3.05) is 20.3 Å². The molecule has 0 unspecified atom stereocenters. The van der Waals surface area contributed by atoms with Crippen LogP contribution in [0.15, 0.2) is 30.0 Å². The van der Waals surface area contributed by atoms with Gasteiger partial charge in [0.25, 0.3) is 5.91 Å². The summed E-state index contributed by atoms with van der Waals surface area (Å²) in [5.41, 5.74) is 4.23. The first kappa shape index (κ1) is 21.1. The zero-order valence-electron chi connectivity index (χ0n) is 17.1. The normalized spacial score (nSPS) is 11.0. The number of aromatic nitrogens is 4. The van der Waals surface area contributed by atoms with Crippen LogP contribution in [0.25, 0.3) is 22.1 Å². The lowest BCUT2D eigenvalue weighted by molar-refractivity contribution is 0.0948. The van der Waals surface area contributed by atoms with Gasteiger partial charge in [-0.25, -0.2) is 4.98 Å². The van der Waals surface area contributed by atoms with E-state index in [0.29, 0.717) is 18.7 Å². The highest BCUT2D eigenvalue weighted by molar-refractivity contribution is 7.13. The predicted molar refractivity (Wildman–Crippen MR) is 115 cm³/mol. The average Bonchev–Trinajstić information content (AvgIpc) is 3.35. The Morgan fingerprint density at radius 1 is 1.28 bits per heavy atom. The van der Waals surface area contributed by atoms with Gasteiger partial charge in [-0.3, -0.25) is 14.8 Å². The molecule has 7 nitrogen and oxygen atoms in total. The molecule has 0 spiro atoms. The van der Waals surface area contributed by atoms with E-state index in [2.05, 4.69) is 26.8 Å². The van der Waals surface area contributed by atoms with Gasteiger partial charge < -0.3 is 14.6 Å². The maximum atomic E-state index is 12.7. The number of carbonyl (C=O) groups excluding carboxylic acids is 1. The molecule has 3 rings (SSSR count). The number of methoxy groups -OCH3 is 1. The molecule has 0 radical (unpaired) electrons. The van der Waals surface area contributed by atoms with Gasteiger partial charge in [-0.15, -0.1) is 11.3 Å². The first-order chi connectivity index (χ1) is 14.2. The van der Waals surface area contributed by atoms with Crippen molar-refractivity contribution in [1.82, 2.24) is 24.8 Å². The van der Waals surface area contributed by atoms with E-state index < -0.39 is 0 Å². The van der Waals surface area contributed by atoms with Gasteiger partial charge >= 0.3 is 0 Å². The van der Waals surface area contributed by atoms with Crippen molar-refractivity contribution >= 4 is 17.2 Å². The van der Waals surface area contributed by atoms with E-state index in [1.54, 1.807) is 25.7 Å². The predicted octanol–water partition coefficient (Wildman–Crippen LogP) is 3.94. The number of nitrogens with one attached hydrogen (secondary N) is 1. The highest BCUT2D eigenvalue weighted by Crippen LogP contribution is 2.31. The van der Waals surface area contributed by atoms with Crippen LogP contribution in [0.1, 0.15) is 42.2 Å². The molecular formula is C21H27N5O2S. The van der Waals surface area contributed by atoms with Crippen LogP contribution < -0.4 is 5.32 Å². The zero-order chi connectivity index (χ0) is 20.6. The van der Waals surface area contributed by atoms with Crippen LogP contribution in [0.2, 0.25) is 0 Å². The molecule has 0 saturated heterocycles. The fourth-order valence-electron chi connectivity index (χ4n) is 3.12. The lowest BCUT2D eigenvalue weighted by Crippen LogP contribution is -2.25. The van der Waals surface area contributed by atoms with Gasteiger partial charge in [-0.1, -0.05) is 13.3 Å². The summed E-state index contributed by atoms with van der Waals surface area (Å²) < 4.78 is 7.24. The lowest BCUT2D eigenvalue weighted by Gasteiger charge is -2.10. The number of rotatable bonds is 10. The Balaban J connectivity index is 1.89. The molecule has 0 atom stereocenters. The number of hydrogen-bond donors (Lipinski definition) is 1. The van der Waals surface area contributed by atoms with Crippen molar-refractivity contribution in [1.29, 1.82) is 0 Å². The summed E-state index contributed by atoms with van der Waals surface area (Å²) in [6, 6.07) is 1.95. The molecule has 3 aromatic rings. The lowest BCUT2D eigenvalue weighted by atomic mass is 10.2. The standard InChI is InChI=1S/C21H27N5O2S/c1-4-5-10-26-15(2)16(20(27)24-7-6-11-28-3)12-19(26)18-14-29-21(25-18)17-13-22-8-9-23-17/h8-9,12-14H,4-7,10-11H2,1-3H3,(H,24,27). The molecule has 1 N–H and O–H groups in total. The molecular weight excluding hydrogens is 386 g/mol. The first-order valence-electron chi connectivity index (χ1n) is 9.85. The van der Waals surface area contributed by atoms with E-state index in [-0.39, 0.29) is 5.91 Å². The summed E-state index contributed by atoms with van der Waals surface area (Å²) in [6.45, 7) is 6.24. The third-order valence-electron chi connectivity index (χ3n) is 4.71. The number of amides is 1. The second-order valence-electron chi connectivity index (χ2n) is 6.76. The number of hydrogen-bond acceptors (Lipinski definition) is 6. The van der Waals surface area contributed by atoms with Crippen LogP contribution in [0.5, 0.6) is 0 Å². The van der Waals surface area contributed by atoms with E-state index in [0.717, 1.165) is 53.6 Å². The highest BCUT2D eigenvalue weighted by atomic mass is 32.1. The molecule has 0 aliphatic carbocycles. The smallest absolute Gasteiger partial charge is 0.253 e. The summed E-state index contributed by atoms with van der Waals surface area (Å²) in [6.07, 6.45) is 7.93. The molecule has 29 heavy (non-hydrogen) atoms. The Morgan fingerprint density at radius 3 is 2.86 bits per heavy atom. The molecule has 0 aliphatic heterocycles. The Bertz CT molecular complexity index is 936. The van der Waals surface area contributed by atoms with Gasteiger partial charge in [0.2, 0.25) is 0 Å². The second kappa shape index (κ2) is 10.3. The SMILES string of the molecule is CCCCn1c(-c2csc(-c3cnccn3)n2)cc(C(=O)NCCCOC)c1C. The summed E-state index contributed by atoms with van der Waals surface area (Å²) in [7, 11) is 1.66. The summed E-state index contributed by atoms with van der Waals surface area (Å²) in [4.78, 5) is 25.9. The Morgan fingerprint density at radius 2 is 2.14 bits per heavy atom. The zero-order valence-corrected chi connectivity index (χ0v) is 18.0. The Kier molecular flexibility index (Phi) is 7.48. The van der Waals surface area contributed by atoms with Crippen LogP contribution in [-0.2, 0) is 11.3 Å². The number of carbonyl (C=O) groups is 1. The first-order valence-corrected chi connectivity index (χ1v) is 10.7. The molecule has 0 bridgehead atoms. The van der Waals surface area contributed by atoms with Crippen LogP contribution in [-0.4, -0.2) is 45.7 Å². The number of thiazole rings is 1. The fourth-order valence-corrected chi connectivity index (χ4v) is 3.90. The number of ether oxygens (including phenoxy) is 1. The summed E-state index contributed by atoms with van der Waals surface area (Å²) in [5, 5.41) is 5.82. The van der Waals surface area contributed by atoms with Gasteiger partial charge in [0.1, 0.15) is 10.7 Å². The van der Waals surface area contributed by atoms with E-state index in [4.69, 9.17) is 9.72 Å². The van der Waals surface area contributed by atoms with Crippen molar-refractivity contribution in [3.63, 3.8) is 0 Å². The van der Waals surface area contributed by atoms with Crippen LogP contribution >= 0.6 is 11.3 Å². The Hall–Kier alpha value is -2.58. The molecule has 154 valence electrons. The van der Waals surface area contributed by atoms with Crippen LogP contribution in [0.4, 0.5) is 0 Å². The molecule has 3 aromatic heterocycles. The van der Waals surface area contributed by atoms with Crippen LogP contribution in [0, 0.1) is 6.92 Å². The third-order valence-corrected chi connectivity index (χ3v) is 5.57. The van der Waals surface area contributed by atoms with Gasteiger partial charge in [0.05, 0.1) is 23.1 Å². The molecule has 0 saturated carbocycles. The van der Waals surface area contributed by atoms with Gasteiger partial charge in [-0.05, 0) is 25.8 Å². The largest absolute Gasteiger partial charge is 0.385 e. The minimum atomic E-state index is -0.0560. The summed E-state index contributed by atoms with van der Waals surface area (Å²) >= 11 is 1.53. The molecule has 0 fully saturated rings. The minimum absolute atomic E-state index is 0.0560. The molecule has 0 aromatic carbocycles. The topological polar surface area (TPSA) is 81.9 Å². The van der Waals surface area contributed by atoms with E-state index in [1.165, 1.54) is 11.3 Å². The third kappa shape index (κ3) is 5.07. The van der Waals surface area contributed by atoms with Crippen LogP contribution in [0.3, 0.4) is 0 Å². The summed E-state index contributed by atoms with van der Waals surface area (Å²) in [5.74, 6) is -0.0560. The van der Waals surface area contributed by atoms with Crippen molar-refractivity contribution in [3.8, 4) is 22.1 Å². The van der Waals surface area contributed by atoms with E-state index in [1.807, 2.05) is 18.4 Å². The monoisotopic (exact) mass is 413 g/mol. The van der Waals surface area contributed by atoms with E-state index >= 15 is 0 Å². The maximum Gasteiger partial charge on any atom is 0.253 e. The number of unbranched alkanes of at least 4 members (excludes halogenated alkanes) is 1. The van der Waals surface area contributed by atoms with Crippen molar-refractivity contribution in [2.45, 2.75) is 39.7 Å². The molecule has 8 heteroatoms. The maximum absolute atomic E-state index is 12.7. The second-order valence-corrected chi connectivity index (χ2v) is 7.62. The quantitative estimate of drug-likeness (QED) is 0.509. The molecule has 3 heterocycles. The van der Waals surface area contributed by atoms with Crippen molar-refractivity contribution in [3.05, 3.63) is 41.3 Å². The van der Waals surface area contributed by atoms with Crippen molar-refractivity contribution in [2.24, 2.45) is 0 Å². The van der Waals surface area contributed by atoms with Gasteiger partial charge in [0, 0.05) is 50.3 Å². The highest BCUT2D eigenvalue weighted by Gasteiger charge is 2.20. The Labute approximate surface area is 175 Å². The molecule has 1 amide bonds. The van der Waals surface area contributed by atoms with Gasteiger partial charge in [0.15, 0.2) is 0 Å². The minimum Gasteiger partial charge on any atom is -0.385 e. The van der Waals surface area contributed by atoms with E-state index in [9.17, 15) is 4.79 Å². The molecule has 0 aliphatic rings.